The Morgan fingerprint density at radius 2 is 1.62 bits per heavy atom. The molecule has 0 bridgehead atoms. The Hall–Kier alpha value is -4.40. The van der Waals surface area contributed by atoms with Crippen molar-refractivity contribution < 1.29 is 18.8 Å². The van der Waals surface area contributed by atoms with Gasteiger partial charge in [-0.3, -0.25) is 9.59 Å². The highest BCUT2D eigenvalue weighted by Gasteiger charge is 2.20. The van der Waals surface area contributed by atoms with Gasteiger partial charge in [0.05, 0.1) is 14.2 Å². The quantitative estimate of drug-likeness (QED) is 0.446. The molecular formula is C25H24N4O5. The van der Waals surface area contributed by atoms with E-state index in [0.717, 1.165) is 5.56 Å². The van der Waals surface area contributed by atoms with E-state index in [4.69, 9.17) is 14.0 Å². The van der Waals surface area contributed by atoms with Gasteiger partial charge in [0.2, 0.25) is 11.7 Å². The summed E-state index contributed by atoms with van der Waals surface area (Å²) in [5.41, 5.74) is 2.53. The number of amides is 1. The molecule has 0 fully saturated rings. The number of hydrogen-bond donors (Lipinski definition) is 1. The van der Waals surface area contributed by atoms with E-state index in [1.54, 1.807) is 76.6 Å². The molecule has 2 aromatic heterocycles. The summed E-state index contributed by atoms with van der Waals surface area (Å²) in [6, 6.07) is 15.9. The van der Waals surface area contributed by atoms with Crippen LogP contribution in [0.1, 0.15) is 11.3 Å². The predicted octanol–water partition coefficient (Wildman–Crippen LogP) is 3.84. The zero-order valence-electron chi connectivity index (χ0n) is 19.3. The van der Waals surface area contributed by atoms with E-state index in [-0.39, 0.29) is 29.5 Å². The average molecular weight is 460 g/mol. The van der Waals surface area contributed by atoms with Gasteiger partial charge in [-0.05, 0) is 74.0 Å². The number of rotatable bonds is 7. The molecule has 0 aliphatic carbocycles. The minimum Gasteiger partial charge on any atom is -0.497 e. The Balaban J connectivity index is 1.60. The molecule has 2 heterocycles. The third kappa shape index (κ3) is 4.68. The van der Waals surface area contributed by atoms with Crippen LogP contribution in [0, 0.1) is 13.8 Å². The van der Waals surface area contributed by atoms with Crippen molar-refractivity contribution in [3.8, 4) is 34.3 Å². The second-order valence-electron chi connectivity index (χ2n) is 7.66. The summed E-state index contributed by atoms with van der Waals surface area (Å²) in [6.07, 6.45) is 0. The highest BCUT2D eigenvalue weighted by molar-refractivity contribution is 5.90. The van der Waals surface area contributed by atoms with Gasteiger partial charge in [-0.15, -0.1) is 0 Å². The Bertz CT molecular complexity index is 1370. The summed E-state index contributed by atoms with van der Waals surface area (Å²) in [7, 11) is 3.16. The zero-order chi connectivity index (χ0) is 24.2. The third-order valence-corrected chi connectivity index (χ3v) is 5.37. The molecule has 0 radical (unpaired) electrons. The van der Waals surface area contributed by atoms with Gasteiger partial charge in [-0.1, -0.05) is 5.16 Å². The molecule has 0 atom stereocenters. The summed E-state index contributed by atoms with van der Waals surface area (Å²) in [4.78, 5) is 30.4. The largest absolute Gasteiger partial charge is 0.497 e. The van der Waals surface area contributed by atoms with Crippen molar-refractivity contribution in [3.63, 3.8) is 0 Å². The number of aryl methyl sites for hydroxylation is 2. The molecule has 0 saturated heterocycles. The lowest BCUT2D eigenvalue weighted by molar-refractivity contribution is -0.116. The van der Waals surface area contributed by atoms with Crippen molar-refractivity contribution in [2.24, 2.45) is 0 Å². The van der Waals surface area contributed by atoms with Crippen LogP contribution in [0.4, 0.5) is 5.69 Å². The first-order valence-electron chi connectivity index (χ1n) is 10.5. The number of carbonyl (C=O) groups excluding carboxylic acids is 1. The van der Waals surface area contributed by atoms with E-state index in [0.29, 0.717) is 34.3 Å². The lowest BCUT2D eigenvalue weighted by atomic mass is 10.1. The van der Waals surface area contributed by atoms with Crippen LogP contribution in [0.2, 0.25) is 0 Å². The van der Waals surface area contributed by atoms with Crippen LogP contribution in [-0.4, -0.2) is 34.8 Å². The van der Waals surface area contributed by atoms with Crippen LogP contribution in [0.5, 0.6) is 11.5 Å². The van der Waals surface area contributed by atoms with Gasteiger partial charge in [0, 0.05) is 16.9 Å². The SMILES string of the molecule is COc1ccc(NC(=O)Cn2c(C)cc(C)c(-c3nc(-c4ccc(OC)cc4)no3)c2=O)cc1. The zero-order valence-corrected chi connectivity index (χ0v) is 19.3. The van der Waals surface area contributed by atoms with Crippen LogP contribution in [0.25, 0.3) is 22.8 Å². The molecule has 4 aromatic rings. The monoisotopic (exact) mass is 460 g/mol. The van der Waals surface area contributed by atoms with Gasteiger partial charge in [0.25, 0.3) is 11.4 Å². The summed E-state index contributed by atoms with van der Waals surface area (Å²) in [5, 5.41) is 6.81. The summed E-state index contributed by atoms with van der Waals surface area (Å²) < 4.78 is 17.1. The summed E-state index contributed by atoms with van der Waals surface area (Å²) in [6.45, 7) is 3.40. The molecule has 2 aromatic carbocycles. The van der Waals surface area contributed by atoms with E-state index in [2.05, 4.69) is 15.5 Å². The first-order valence-corrected chi connectivity index (χ1v) is 10.5. The standard InChI is InChI=1S/C25H24N4O5/c1-15-13-16(2)29(14-21(30)26-18-7-11-20(33-4)12-8-18)25(31)22(15)24-27-23(28-34-24)17-5-9-19(32-3)10-6-17/h5-13H,14H2,1-4H3,(H,26,30). The van der Waals surface area contributed by atoms with Crippen molar-refractivity contribution in [1.29, 1.82) is 0 Å². The van der Waals surface area contributed by atoms with Gasteiger partial charge >= 0.3 is 0 Å². The average Bonchev–Trinajstić information content (AvgIpc) is 3.32. The van der Waals surface area contributed by atoms with Crippen LogP contribution in [0.15, 0.2) is 63.9 Å². The molecule has 0 aliphatic rings. The smallest absolute Gasteiger partial charge is 0.264 e. The molecule has 174 valence electrons. The number of benzene rings is 2. The lowest BCUT2D eigenvalue weighted by Crippen LogP contribution is -2.30. The predicted molar refractivity (Wildman–Crippen MR) is 127 cm³/mol. The molecular weight excluding hydrogens is 436 g/mol. The first-order chi connectivity index (χ1) is 16.4. The number of pyridine rings is 1. The van der Waals surface area contributed by atoms with Gasteiger partial charge in [-0.2, -0.15) is 4.98 Å². The summed E-state index contributed by atoms with van der Waals surface area (Å²) >= 11 is 0. The molecule has 9 heteroatoms. The molecule has 4 rings (SSSR count). The van der Waals surface area contributed by atoms with Crippen molar-refractivity contribution in [3.05, 3.63) is 76.2 Å². The first kappa shape index (κ1) is 22.8. The second-order valence-corrected chi connectivity index (χ2v) is 7.66. The van der Waals surface area contributed by atoms with Gasteiger partial charge in [0.15, 0.2) is 0 Å². The molecule has 1 amide bonds. The number of nitrogens with zero attached hydrogens (tertiary/aromatic N) is 3. The summed E-state index contributed by atoms with van der Waals surface area (Å²) in [5.74, 6) is 1.49. The Kier molecular flexibility index (Phi) is 6.44. The molecule has 0 aliphatic heterocycles. The minimum absolute atomic E-state index is 0.0950. The van der Waals surface area contributed by atoms with Gasteiger partial charge in [0.1, 0.15) is 23.6 Å². The Morgan fingerprint density at radius 1 is 1.00 bits per heavy atom. The molecule has 0 saturated carbocycles. The fourth-order valence-corrected chi connectivity index (χ4v) is 3.58. The highest BCUT2D eigenvalue weighted by Crippen LogP contribution is 2.24. The van der Waals surface area contributed by atoms with Gasteiger partial charge in [-0.25, -0.2) is 0 Å². The number of hydrogen-bond acceptors (Lipinski definition) is 7. The maximum absolute atomic E-state index is 13.3. The molecule has 1 N–H and O–H groups in total. The normalized spacial score (nSPS) is 10.7. The Morgan fingerprint density at radius 3 is 2.24 bits per heavy atom. The van der Waals surface area contributed by atoms with Crippen LogP contribution in [0.3, 0.4) is 0 Å². The molecule has 34 heavy (non-hydrogen) atoms. The Labute approximate surface area is 196 Å². The number of aromatic nitrogens is 3. The number of ether oxygens (including phenoxy) is 2. The lowest BCUT2D eigenvalue weighted by Gasteiger charge is -2.13. The van der Waals surface area contributed by atoms with E-state index < -0.39 is 0 Å². The number of anilines is 1. The van der Waals surface area contributed by atoms with Crippen molar-refractivity contribution in [1.82, 2.24) is 14.7 Å². The third-order valence-electron chi connectivity index (χ3n) is 5.37. The fraction of sp³-hybridized carbons (Fsp3) is 0.200. The van der Waals surface area contributed by atoms with Crippen molar-refractivity contribution >= 4 is 11.6 Å². The van der Waals surface area contributed by atoms with Crippen molar-refractivity contribution in [2.45, 2.75) is 20.4 Å². The van der Waals surface area contributed by atoms with Gasteiger partial charge < -0.3 is 23.9 Å². The maximum Gasteiger partial charge on any atom is 0.264 e. The number of nitrogens with one attached hydrogen (secondary N) is 1. The number of methoxy groups -OCH3 is 2. The molecule has 0 spiro atoms. The topological polar surface area (TPSA) is 108 Å². The molecule has 9 nitrogen and oxygen atoms in total. The van der Waals surface area contributed by atoms with Crippen molar-refractivity contribution in [2.75, 3.05) is 19.5 Å². The van der Waals surface area contributed by atoms with Crippen LogP contribution < -0.4 is 20.3 Å². The second kappa shape index (κ2) is 9.62. The fourth-order valence-electron chi connectivity index (χ4n) is 3.58. The van der Waals surface area contributed by atoms with E-state index in [1.807, 2.05) is 6.07 Å². The van der Waals surface area contributed by atoms with E-state index in [1.165, 1.54) is 4.57 Å². The van der Waals surface area contributed by atoms with Crippen LogP contribution in [-0.2, 0) is 11.3 Å². The van der Waals surface area contributed by atoms with E-state index in [9.17, 15) is 9.59 Å². The van der Waals surface area contributed by atoms with Crippen LogP contribution >= 0.6 is 0 Å². The van der Waals surface area contributed by atoms with E-state index >= 15 is 0 Å². The maximum atomic E-state index is 13.3. The minimum atomic E-state index is -0.382. The number of carbonyl (C=O) groups is 1. The molecule has 0 unspecified atom stereocenters. The highest BCUT2D eigenvalue weighted by atomic mass is 16.5.